The smallest absolute Gasteiger partial charge is 0.248 e. The lowest BCUT2D eigenvalue weighted by molar-refractivity contribution is 1.04. The summed E-state index contributed by atoms with van der Waals surface area (Å²) >= 11 is 0. The van der Waals surface area contributed by atoms with Crippen LogP contribution in [0.25, 0.3) is 5.57 Å². The maximum absolute atomic E-state index is 11.0. The highest BCUT2D eigenvalue weighted by atomic mass is 16.1. The number of hydrogen-bond donors (Lipinski definition) is 1. The van der Waals surface area contributed by atoms with Gasteiger partial charge in [-0.25, -0.2) is 0 Å². The van der Waals surface area contributed by atoms with E-state index in [0.717, 1.165) is 24.0 Å². The Labute approximate surface area is 76.6 Å². The number of nitrogens with one attached hydrogen (secondary N) is 1. The number of rotatable bonds is 1. The highest BCUT2D eigenvalue weighted by Gasteiger charge is 2.00. The number of allylic oxidation sites excluding steroid dienone is 4. The Morgan fingerprint density at radius 3 is 2.92 bits per heavy atom. The zero-order chi connectivity index (χ0) is 9.10. The molecule has 66 valence electrons. The van der Waals surface area contributed by atoms with E-state index in [2.05, 4.69) is 23.2 Å². The molecule has 0 radical (unpaired) electrons. The molecular formula is C11H11NO. The van der Waals surface area contributed by atoms with Gasteiger partial charge >= 0.3 is 0 Å². The molecule has 0 spiro atoms. The molecule has 2 heteroatoms. The van der Waals surface area contributed by atoms with E-state index in [0.29, 0.717) is 0 Å². The predicted molar refractivity (Wildman–Crippen MR) is 53.4 cm³/mol. The lowest BCUT2D eigenvalue weighted by atomic mass is 10.0. The van der Waals surface area contributed by atoms with Crippen molar-refractivity contribution in [2.75, 3.05) is 0 Å². The fourth-order valence-electron chi connectivity index (χ4n) is 1.45. The summed E-state index contributed by atoms with van der Waals surface area (Å²) in [6, 6.07) is 3.55. The van der Waals surface area contributed by atoms with Crippen molar-refractivity contribution in [2.24, 2.45) is 0 Å². The summed E-state index contributed by atoms with van der Waals surface area (Å²) in [6.07, 6.45) is 10.2. The summed E-state index contributed by atoms with van der Waals surface area (Å²) in [5, 5.41) is 0. The van der Waals surface area contributed by atoms with Crippen molar-refractivity contribution in [3.8, 4) is 0 Å². The highest BCUT2D eigenvalue weighted by Crippen LogP contribution is 2.19. The van der Waals surface area contributed by atoms with Gasteiger partial charge in [-0.15, -0.1) is 0 Å². The first-order valence-corrected chi connectivity index (χ1v) is 4.42. The quantitative estimate of drug-likeness (QED) is 0.693. The van der Waals surface area contributed by atoms with Gasteiger partial charge in [-0.3, -0.25) is 4.79 Å². The first kappa shape index (κ1) is 8.05. The van der Waals surface area contributed by atoms with Gasteiger partial charge in [0.15, 0.2) is 0 Å². The standard InChI is InChI=1S/C11H11NO/c13-11-8-10(6-7-12-11)9-4-2-1-3-5-9/h2,4-8H,1,3H2,(H,12,13). The van der Waals surface area contributed by atoms with Crippen LogP contribution in [-0.4, -0.2) is 4.98 Å². The van der Waals surface area contributed by atoms with Crippen LogP contribution >= 0.6 is 0 Å². The summed E-state index contributed by atoms with van der Waals surface area (Å²) in [6.45, 7) is 0. The maximum Gasteiger partial charge on any atom is 0.248 e. The van der Waals surface area contributed by atoms with Crippen LogP contribution < -0.4 is 5.56 Å². The fourth-order valence-corrected chi connectivity index (χ4v) is 1.45. The van der Waals surface area contributed by atoms with Crippen molar-refractivity contribution < 1.29 is 0 Å². The third-order valence-corrected chi connectivity index (χ3v) is 2.10. The number of pyridine rings is 1. The van der Waals surface area contributed by atoms with Crippen LogP contribution in [-0.2, 0) is 0 Å². The Morgan fingerprint density at radius 1 is 1.31 bits per heavy atom. The van der Waals surface area contributed by atoms with Crippen molar-refractivity contribution in [1.82, 2.24) is 4.98 Å². The van der Waals surface area contributed by atoms with Crippen LogP contribution in [0, 0.1) is 0 Å². The minimum Gasteiger partial charge on any atom is -0.329 e. The minimum atomic E-state index is -0.0441. The molecule has 0 saturated heterocycles. The molecule has 1 aliphatic carbocycles. The third-order valence-electron chi connectivity index (χ3n) is 2.10. The normalized spacial score (nSPS) is 15.5. The van der Waals surface area contributed by atoms with Gasteiger partial charge in [0.25, 0.3) is 0 Å². The SMILES string of the molecule is O=c1cc(C2=CCCC=C2)cc[nH]1. The van der Waals surface area contributed by atoms with E-state index < -0.39 is 0 Å². The Bertz CT molecular complexity index is 412. The second-order valence-corrected chi connectivity index (χ2v) is 3.08. The van der Waals surface area contributed by atoms with Gasteiger partial charge in [-0.05, 0) is 30.0 Å². The average molecular weight is 173 g/mol. The van der Waals surface area contributed by atoms with Crippen LogP contribution in [0.5, 0.6) is 0 Å². The molecule has 1 aromatic rings. The van der Waals surface area contributed by atoms with Crippen LogP contribution in [0.2, 0.25) is 0 Å². The monoisotopic (exact) mass is 173 g/mol. The molecule has 0 aliphatic heterocycles. The van der Waals surface area contributed by atoms with Gasteiger partial charge in [0.05, 0.1) is 0 Å². The van der Waals surface area contributed by atoms with Crippen LogP contribution in [0.1, 0.15) is 18.4 Å². The molecule has 13 heavy (non-hydrogen) atoms. The maximum atomic E-state index is 11.0. The average Bonchev–Trinajstić information content (AvgIpc) is 2.19. The van der Waals surface area contributed by atoms with Gasteiger partial charge < -0.3 is 4.98 Å². The largest absolute Gasteiger partial charge is 0.329 e. The number of aromatic nitrogens is 1. The summed E-state index contributed by atoms with van der Waals surface area (Å²) in [7, 11) is 0. The van der Waals surface area contributed by atoms with E-state index in [1.54, 1.807) is 12.3 Å². The topological polar surface area (TPSA) is 32.9 Å². The van der Waals surface area contributed by atoms with Gasteiger partial charge in [-0.1, -0.05) is 18.2 Å². The van der Waals surface area contributed by atoms with E-state index >= 15 is 0 Å². The number of H-pyrrole nitrogens is 1. The van der Waals surface area contributed by atoms with Crippen LogP contribution in [0.4, 0.5) is 0 Å². The van der Waals surface area contributed by atoms with Gasteiger partial charge in [0.1, 0.15) is 0 Å². The van der Waals surface area contributed by atoms with Gasteiger partial charge in [0.2, 0.25) is 5.56 Å². The summed E-state index contributed by atoms with van der Waals surface area (Å²) in [5.74, 6) is 0. The van der Waals surface area contributed by atoms with E-state index in [1.807, 2.05) is 6.07 Å². The second kappa shape index (κ2) is 3.44. The molecule has 1 heterocycles. The Hall–Kier alpha value is -1.57. The van der Waals surface area contributed by atoms with Crippen molar-refractivity contribution in [1.29, 1.82) is 0 Å². The molecule has 2 nitrogen and oxygen atoms in total. The Morgan fingerprint density at radius 2 is 2.23 bits per heavy atom. The lowest BCUT2D eigenvalue weighted by Crippen LogP contribution is -2.03. The van der Waals surface area contributed by atoms with Crippen molar-refractivity contribution in [3.05, 3.63) is 52.5 Å². The molecule has 0 aromatic carbocycles. The van der Waals surface area contributed by atoms with E-state index in [1.165, 1.54) is 0 Å². The zero-order valence-corrected chi connectivity index (χ0v) is 7.29. The molecule has 0 fully saturated rings. The zero-order valence-electron chi connectivity index (χ0n) is 7.29. The Balaban J connectivity index is 2.40. The summed E-state index contributed by atoms with van der Waals surface area (Å²) < 4.78 is 0. The van der Waals surface area contributed by atoms with Crippen LogP contribution in [0.3, 0.4) is 0 Å². The first-order chi connectivity index (χ1) is 6.36. The van der Waals surface area contributed by atoms with Crippen LogP contribution in [0.15, 0.2) is 41.4 Å². The molecule has 0 unspecified atom stereocenters. The first-order valence-electron chi connectivity index (χ1n) is 4.42. The minimum absolute atomic E-state index is 0.0441. The van der Waals surface area contributed by atoms with Crippen molar-refractivity contribution >= 4 is 5.57 Å². The van der Waals surface area contributed by atoms with Crippen molar-refractivity contribution in [2.45, 2.75) is 12.8 Å². The number of aromatic amines is 1. The molecule has 0 saturated carbocycles. The van der Waals surface area contributed by atoms with Gasteiger partial charge in [-0.2, -0.15) is 0 Å². The lowest BCUT2D eigenvalue weighted by Gasteiger charge is -2.05. The van der Waals surface area contributed by atoms with E-state index in [9.17, 15) is 4.79 Å². The Kier molecular flexibility index (Phi) is 2.13. The molecule has 0 atom stereocenters. The molecule has 1 aromatic heterocycles. The molecule has 0 bridgehead atoms. The number of hydrogen-bond acceptors (Lipinski definition) is 1. The summed E-state index contributed by atoms with van der Waals surface area (Å²) in [5.41, 5.74) is 2.11. The van der Waals surface area contributed by atoms with Crippen molar-refractivity contribution in [3.63, 3.8) is 0 Å². The molecule has 2 rings (SSSR count). The van der Waals surface area contributed by atoms with Gasteiger partial charge in [0, 0.05) is 12.3 Å². The molecule has 1 aliphatic rings. The third kappa shape index (κ3) is 1.78. The van der Waals surface area contributed by atoms with E-state index in [-0.39, 0.29) is 5.56 Å². The highest BCUT2D eigenvalue weighted by molar-refractivity contribution is 5.74. The second-order valence-electron chi connectivity index (χ2n) is 3.08. The molecule has 1 N–H and O–H groups in total. The fraction of sp³-hybridized carbons (Fsp3) is 0.182. The molecular weight excluding hydrogens is 162 g/mol. The van der Waals surface area contributed by atoms with E-state index in [4.69, 9.17) is 0 Å². The molecule has 0 amide bonds. The summed E-state index contributed by atoms with van der Waals surface area (Å²) in [4.78, 5) is 13.6. The predicted octanol–water partition coefficient (Wildman–Crippen LogP) is 2.11.